The molecule has 1 saturated heterocycles. The summed E-state index contributed by atoms with van der Waals surface area (Å²) in [4.78, 5) is 2.57. The predicted octanol–water partition coefficient (Wildman–Crippen LogP) is 3.44. The first-order valence-corrected chi connectivity index (χ1v) is 6.03. The van der Waals surface area contributed by atoms with E-state index in [0.29, 0.717) is 5.54 Å². The number of hydrogen-bond donors (Lipinski definition) is 0. The highest BCUT2D eigenvalue weighted by molar-refractivity contribution is 9.10. The molecule has 2 aliphatic rings. The van der Waals surface area contributed by atoms with Crippen LogP contribution in [0.25, 0.3) is 0 Å². The Hall–Kier alpha value is -0.500. The van der Waals surface area contributed by atoms with Gasteiger partial charge in [-0.15, -0.1) is 0 Å². The van der Waals surface area contributed by atoms with Crippen LogP contribution in [0.15, 0.2) is 28.7 Å². The van der Waals surface area contributed by atoms with Crippen molar-refractivity contribution in [3.63, 3.8) is 0 Å². The third-order valence-electron chi connectivity index (χ3n) is 3.84. The van der Waals surface area contributed by atoms with Gasteiger partial charge in [-0.05, 0) is 53.7 Å². The molecule has 0 radical (unpaired) electrons. The molecule has 14 heavy (non-hydrogen) atoms. The molecule has 3 rings (SSSR count). The molecule has 0 bridgehead atoms. The Morgan fingerprint density at radius 2 is 2.21 bits per heavy atom. The zero-order chi connectivity index (χ0) is 9.76. The van der Waals surface area contributed by atoms with Gasteiger partial charge in [0.2, 0.25) is 0 Å². The van der Waals surface area contributed by atoms with Crippen LogP contribution in [0.3, 0.4) is 0 Å². The van der Waals surface area contributed by atoms with Crippen molar-refractivity contribution >= 4 is 21.6 Å². The summed E-state index contributed by atoms with van der Waals surface area (Å²) >= 11 is 3.63. The normalized spacial score (nSPS) is 34.4. The number of nitrogens with zero attached hydrogens (tertiary/aromatic N) is 1. The number of piperidine rings is 1. The van der Waals surface area contributed by atoms with E-state index < -0.39 is 0 Å². The van der Waals surface area contributed by atoms with Crippen LogP contribution in [-0.2, 0) is 0 Å². The second-order valence-corrected chi connectivity index (χ2v) is 5.50. The quantitative estimate of drug-likeness (QED) is 0.740. The summed E-state index contributed by atoms with van der Waals surface area (Å²) in [5.41, 5.74) is 1.85. The Balaban J connectivity index is 2.00. The van der Waals surface area contributed by atoms with Crippen molar-refractivity contribution in [2.45, 2.75) is 25.3 Å². The summed E-state index contributed by atoms with van der Waals surface area (Å²) in [5, 5.41) is 0. The maximum atomic E-state index is 3.63. The SMILES string of the molecule is CC12CC1CCN2c1ccccc1Br. The van der Waals surface area contributed by atoms with Crippen LogP contribution in [0.5, 0.6) is 0 Å². The molecule has 0 aromatic heterocycles. The minimum absolute atomic E-state index is 0.476. The van der Waals surface area contributed by atoms with E-state index in [9.17, 15) is 0 Å². The predicted molar refractivity (Wildman–Crippen MR) is 62.6 cm³/mol. The summed E-state index contributed by atoms with van der Waals surface area (Å²) in [6, 6.07) is 8.56. The van der Waals surface area contributed by atoms with E-state index in [1.165, 1.54) is 29.5 Å². The molecular weight excluding hydrogens is 238 g/mol. The highest BCUT2D eigenvalue weighted by Crippen LogP contribution is 2.57. The van der Waals surface area contributed by atoms with Crippen LogP contribution in [0.4, 0.5) is 5.69 Å². The molecule has 1 aromatic rings. The van der Waals surface area contributed by atoms with Crippen molar-refractivity contribution in [2.24, 2.45) is 5.92 Å². The first kappa shape index (κ1) is 8.78. The van der Waals surface area contributed by atoms with Gasteiger partial charge in [0.1, 0.15) is 0 Å². The number of benzene rings is 1. The van der Waals surface area contributed by atoms with Crippen LogP contribution in [0.2, 0.25) is 0 Å². The number of fused-ring (bicyclic) bond motifs is 1. The zero-order valence-electron chi connectivity index (χ0n) is 8.33. The molecule has 0 spiro atoms. The number of hydrogen-bond acceptors (Lipinski definition) is 1. The maximum Gasteiger partial charge on any atom is 0.0515 e. The molecule has 2 atom stereocenters. The van der Waals surface area contributed by atoms with Crippen molar-refractivity contribution in [2.75, 3.05) is 11.4 Å². The minimum atomic E-state index is 0.476. The highest BCUT2D eigenvalue weighted by Gasteiger charge is 2.58. The number of para-hydroxylation sites is 1. The third kappa shape index (κ3) is 1.07. The highest BCUT2D eigenvalue weighted by atomic mass is 79.9. The Kier molecular flexibility index (Phi) is 1.73. The Morgan fingerprint density at radius 3 is 2.79 bits per heavy atom. The van der Waals surface area contributed by atoms with Crippen molar-refractivity contribution in [1.82, 2.24) is 0 Å². The molecule has 1 aromatic carbocycles. The fourth-order valence-electron chi connectivity index (χ4n) is 2.79. The van der Waals surface area contributed by atoms with Gasteiger partial charge in [0.05, 0.1) is 5.69 Å². The van der Waals surface area contributed by atoms with Crippen molar-refractivity contribution in [1.29, 1.82) is 0 Å². The summed E-state index contributed by atoms with van der Waals surface area (Å²) in [5.74, 6) is 0.953. The van der Waals surface area contributed by atoms with Gasteiger partial charge >= 0.3 is 0 Å². The third-order valence-corrected chi connectivity index (χ3v) is 4.51. The van der Waals surface area contributed by atoms with E-state index in [4.69, 9.17) is 0 Å². The van der Waals surface area contributed by atoms with E-state index in [0.717, 1.165) is 5.92 Å². The fraction of sp³-hybridized carbons (Fsp3) is 0.500. The van der Waals surface area contributed by atoms with Gasteiger partial charge in [0.15, 0.2) is 0 Å². The van der Waals surface area contributed by atoms with Crippen molar-refractivity contribution in [3.8, 4) is 0 Å². The van der Waals surface area contributed by atoms with Gasteiger partial charge in [-0.2, -0.15) is 0 Å². The summed E-state index contributed by atoms with van der Waals surface area (Å²) in [7, 11) is 0. The lowest BCUT2D eigenvalue weighted by Gasteiger charge is -2.28. The van der Waals surface area contributed by atoms with E-state index in [2.05, 4.69) is 52.0 Å². The van der Waals surface area contributed by atoms with Crippen LogP contribution >= 0.6 is 15.9 Å². The smallest absolute Gasteiger partial charge is 0.0515 e. The number of halogens is 1. The van der Waals surface area contributed by atoms with Crippen LogP contribution in [0.1, 0.15) is 19.8 Å². The van der Waals surface area contributed by atoms with Gasteiger partial charge in [-0.3, -0.25) is 0 Å². The molecule has 2 fully saturated rings. The van der Waals surface area contributed by atoms with E-state index in [-0.39, 0.29) is 0 Å². The zero-order valence-corrected chi connectivity index (χ0v) is 9.92. The molecule has 0 N–H and O–H groups in total. The topological polar surface area (TPSA) is 3.24 Å². The lowest BCUT2D eigenvalue weighted by Crippen LogP contribution is -2.32. The molecule has 1 aliphatic carbocycles. The van der Waals surface area contributed by atoms with Crippen LogP contribution < -0.4 is 4.90 Å². The fourth-order valence-corrected chi connectivity index (χ4v) is 3.29. The molecule has 2 unspecified atom stereocenters. The molecular formula is C12H14BrN. The molecule has 74 valence electrons. The minimum Gasteiger partial charge on any atom is -0.365 e. The van der Waals surface area contributed by atoms with Crippen LogP contribution in [-0.4, -0.2) is 12.1 Å². The first-order valence-electron chi connectivity index (χ1n) is 5.24. The maximum absolute atomic E-state index is 3.63. The average molecular weight is 252 g/mol. The molecule has 1 aliphatic heterocycles. The first-order chi connectivity index (χ1) is 6.72. The van der Waals surface area contributed by atoms with Gasteiger partial charge in [-0.1, -0.05) is 12.1 Å². The largest absolute Gasteiger partial charge is 0.365 e. The molecule has 1 heterocycles. The Labute approximate surface area is 93.2 Å². The Bertz CT molecular complexity index is 374. The molecule has 1 saturated carbocycles. The van der Waals surface area contributed by atoms with Gasteiger partial charge in [-0.25, -0.2) is 0 Å². The summed E-state index contributed by atoms with van der Waals surface area (Å²) in [6.07, 6.45) is 2.76. The summed E-state index contributed by atoms with van der Waals surface area (Å²) in [6.45, 7) is 3.62. The standard InChI is InChI=1S/C12H14BrN/c1-12-8-9(12)6-7-14(12)11-5-3-2-4-10(11)13/h2-5,9H,6-8H2,1H3. The molecule has 2 heteroatoms. The van der Waals surface area contributed by atoms with Crippen molar-refractivity contribution in [3.05, 3.63) is 28.7 Å². The van der Waals surface area contributed by atoms with Gasteiger partial charge in [0.25, 0.3) is 0 Å². The van der Waals surface area contributed by atoms with Gasteiger partial charge < -0.3 is 4.90 Å². The van der Waals surface area contributed by atoms with Crippen LogP contribution in [0, 0.1) is 5.92 Å². The number of rotatable bonds is 1. The van der Waals surface area contributed by atoms with E-state index in [1.54, 1.807) is 0 Å². The monoisotopic (exact) mass is 251 g/mol. The Morgan fingerprint density at radius 1 is 1.43 bits per heavy atom. The molecule has 1 nitrogen and oxygen atoms in total. The average Bonchev–Trinajstić information content (AvgIpc) is 2.72. The van der Waals surface area contributed by atoms with Crippen molar-refractivity contribution < 1.29 is 0 Å². The van der Waals surface area contributed by atoms with Gasteiger partial charge in [0, 0.05) is 16.6 Å². The molecule has 0 amide bonds. The lowest BCUT2D eigenvalue weighted by molar-refractivity contribution is 0.687. The lowest BCUT2D eigenvalue weighted by atomic mass is 10.2. The second kappa shape index (κ2) is 2.75. The van der Waals surface area contributed by atoms with E-state index in [1.807, 2.05) is 0 Å². The number of anilines is 1. The van der Waals surface area contributed by atoms with E-state index >= 15 is 0 Å². The second-order valence-electron chi connectivity index (χ2n) is 4.65. The summed E-state index contributed by atoms with van der Waals surface area (Å²) < 4.78 is 1.23.